The van der Waals surface area contributed by atoms with Crippen LogP contribution in [0, 0.1) is 0 Å². The van der Waals surface area contributed by atoms with Crippen LogP contribution in [0.3, 0.4) is 0 Å². The molecule has 11 aromatic rings. The molecule has 0 atom stereocenters. The molecule has 0 saturated carbocycles. The maximum Gasteiger partial charge on any atom is 0.143 e. The van der Waals surface area contributed by atoms with Crippen LogP contribution >= 0.6 is 11.3 Å². The van der Waals surface area contributed by atoms with Crippen molar-refractivity contribution in [3.8, 4) is 33.4 Å². The Morgan fingerprint density at radius 1 is 0.345 bits per heavy atom. The van der Waals surface area contributed by atoms with Crippen LogP contribution in [0.25, 0.3) is 86.3 Å². The fourth-order valence-electron chi connectivity index (χ4n) is 8.11. The first-order valence-electron chi connectivity index (χ1n) is 18.7. The quantitative estimate of drug-likeness (QED) is 0.170. The molecule has 9 aromatic carbocycles. The lowest BCUT2D eigenvalue weighted by Gasteiger charge is -2.26. The van der Waals surface area contributed by atoms with Gasteiger partial charge in [0, 0.05) is 53.6 Å². The van der Waals surface area contributed by atoms with Crippen molar-refractivity contribution in [2.75, 3.05) is 4.90 Å². The highest BCUT2D eigenvalue weighted by atomic mass is 32.1. The lowest BCUT2D eigenvalue weighted by atomic mass is 9.99. The normalized spacial score (nSPS) is 11.6. The molecule has 0 fully saturated rings. The number of para-hydroxylation sites is 2. The summed E-state index contributed by atoms with van der Waals surface area (Å²) >= 11 is 1.86. The van der Waals surface area contributed by atoms with Crippen molar-refractivity contribution in [1.82, 2.24) is 0 Å². The SMILES string of the molecule is c1cc(-c2ccc3ccccc3c2)cc(N(c2ccc(-c3ccc4sc5ccccc5c4c3)cc2)c2ccc(-c3cccc4c3oc3ccccc34)cc2)c1. The molecule has 2 heterocycles. The van der Waals surface area contributed by atoms with Crippen LogP contribution in [0.15, 0.2) is 205 Å². The number of nitrogens with zero attached hydrogens (tertiary/aromatic N) is 1. The van der Waals surface area contributed by atoms with E-state index in [9.17, 15) is 0 Å². The van der Waals surface area contributed by atoms with E-state index in [1.54, 1.807) is 0 Å². The Morgan fingerprint density at radius 3 is 1.82 bits per heavy atom. The third-order valence-electron chi connectivity index (χ3n) is 10.9. The number of anilines is 3. The largest absolute Gasteiger partial charge is 0.455 e. The summed E-state index contributed by atoms with van der Waals surface area (Å²) in [5.41, 5.74) is 12.1. The van der Waals surface area contributed by atoms with Gasteiger partial charge in [0.15, 0.2) is 0 Å². The lowest BCUT2D eigenvalue weighted by molar-refractivity contribution is 0.670. The first kappa shape index (κ1) is 31.6. The maximum atomic E-state index is 6.41. The molecule has 0 N–H and O–H groups in total. The predicted octanol–water partition coefficient (Wildman–Crippen LogP) is 15.6. The van der Waals surface area contributed by atoms with E-state index in [0.29, 0.717) is 0 Å². The smallest absolute Gasteiger partial charge is 0.143 e. The molecule has 0 bridgehead atoms. The van der Waals surface area contributed by atoms with Gasteiger partial charge in [0.1, 0.15) is 11.2 Å². The molecule has 2 nitrogen and oxygen atoms in total. The molecule has 11 rings (SSSR count). The summed E-state index contributed by atoms with van der Waals surface area (Å²) < 4.78 is 9.06. The summed E-state index contributed by atoms with van der Waals surface area (Å²) in [7, 11) is 0. The van der Waals surface area contributed by atoms with Crippen molar-refractivity contribution in [2.45, 2.75) is 0 Å². The predicted molar refractivity (Wildman–Crippen MR) is 235 cm³/mol. The number of hydrogen-bond acceptors (Lipinski definition) is 3. The molecule has 0 aliphatic heterocycles. The molecule has 258 valence electrons. The van der Waals surface area contributed by atoms with Gasteiger partial charge in [-0.3, -0.25) is 0 Å². The minimum absolute atomic E-state index is 0.908. The Kier molecular flexibility index (Phi) is 7.39. The Bertz CT molecular complexity index is 3210. The van der Waals surface area contributed by atoms with Gasteiger partial charge in [-0.1, -0.05) is 133 Å². The average Bonchev–Trinajstić information content (AvgIpc) is 3.83. The second-order valence-corrected chi connectivity index (χ2v) is 15.2. The molecule has 0 spiro atoms. The third-order valence-corrected chi connectivity index (χ3v) is 12.0. The van der Waals surface area contributed by atoms with Crippen LogP contribution in [0.1, 0.15) is 0 Å². The second kappa shape index (κ2) is 12.9. The van der Waals surface area contributed by atoms with Crippen LogP contribution in [0.5, 0.6) is 0 Å². The van der Waals surface area contributed by atoms with Crippen LogP contribution in [-0.2, 0) is 0 Å². The highest BCUT2D eigenvalue weighted by molar-refractivity contribution is 7.25. The van der Waals surface area contributed by atoms with Crippen molar-refractivity contribution < 1.29 is 4.42 Å². The molecule has 0 amide bonds. The zero-order valence-electron chi connectivity index (χ0n) is 29.8. The molecular formula is C52H33NOS. The average molecular weight is 720 g/mol. The number of fused-ring (bicyclic) bond motifs is 7. The van der Waals surface area contributed by atoms with Gasteiger partial charge in [0.25, 0.3) is 0 Å². The number of hydrogen-bond donors (Lipinski definition) is 0. The van der Waals surface area contributed by atoms with Gasteiger partial charge >= 0.3 is 0 Å². The summed E-state index contributed by atoms with van der Waals surface area (Å²) in [6, 6.07) is 72.3. The molecule has 0 aliphatic carbocycles. The highest BCUT2D eigenvalue weighted by Crippen LogP contribution is 2.41. The number of thiophene rings is 1. The van der Waals surface area contributed by atoms with E-state index in [0.717, 1.165) is 50.1 Å². The van der Waals surface area contributed by atoms with E-state index in [2.05, 4.69) is 193 Å². The summed E-state index contributed by atoms with van der Waals surface area (Å²) in [6.45, 7) is 0. The molecular weight excluding hydrogens is 687 g/mol. The Morgan fingerprint density at radius 2 is 0.964 bits per heavy atom. The van der Waals surface area contributed by atoms with E-state index in [-0.39, 0.29) is 0 Å². The first-order valence-corrected chi connectivity index (χ1v) is 19.5. The van der Waals surface area contributed by atoms with Crippen LogP contribution in [-0.4, -0.2) is 0 Å². The standard InChI is InChI=1S/C52H33NOS/c1-2-10-37-31-39(20-19-34(37)9-1)38-11-7-12-43(32-38)53(41-26-21-35(22-27-41)40-25-30-51-48(33-40)46-14-4-6-18-50(46)55-51)42-28-23-36(24-29-42)44-15-8-16-47-45-13-3-5-17-49(45)54-52(44)47/h1-33H. The Balaban J connectivity index is 1.01. The maximum absolute atomic E-state index is 6.41. The van der Waals surface area contributed by atoms with E-state index < -0.39 is 0 Å². The molecule has 2 aromatic heterocycles. The third kappa shape index (κ3) is 5.48. The van der Waals surface area contributed by atoms with Crippen LogP contribution < -0.4 is 4.90 Å². The van der Waals surface area contributed by atoms with Gasteiger partial charge in [0.05, 0.1) is 0 Å². The monoisotopic (exact) mass is 719 g/mol. The van der Waals surface area contributed by atoms with Crippen molar-refractivity contribution in [1.29, 1.82) is 0 Å². The van der Waals surface area contributed by atoms with Crippen molar-refractivity contribution in [3.63, 3.8) is 0 Å². The van der Waals surface area contributed by atoms with E-state index in [1.165, 1.54) is 53.2 Å². The molecule has 0 unspecified atom stereocenters. The summed E-state index contributed by atoms with van der Waals surface area (Å²) in [4.78, 5) is 2.36. The lowest BCUT2D eigenvalue weighted by Crippen LogP contribution is -2.10. The Hall–Kier alpha value is -6.94. The van der Waals surface area contributed by atoms with Crippen molar-refractivity contribution in [2.24, 2.45) is 0 Å². The molecule has 0 aliphatic rings. The van der Waals surface area contributed by atoms with Crippen molar-refractivity contribution in [3.05, 3.63) is 200 Å². The Labute approximate surface area is 322 Å². The minimum atomic E-state index is 0.908. The number of furan rings is 1. The van der Waals surface area contributed by atoms with Gasteiger partial charge in [0.2, 0.25) is 0 Å². The van der Waals surface area contributed by atoms with Crippen LogP contribution in [0.2, 0.25) is 0 Å². The zero-order valence-corrected chi connectivity index (χ0v) is 30.6. The van der Waals surface area contributed by atoms with Crippen LogP contribution in [0.4, 0.5) is 17.1 Å². The first-order chi connectivity index (χ1) is 27.2. The fraction of sp³-hybridized carbons (Fsp3) is 0. The van der Waals surface area contributed by atoms with Gasteiger partial charge < -0.3 is 9.32 Å². The van der Waals surface area contributed by atoms with Gasteiger partial charge in [-0.05, 0) is 105 Å². The van der Waals surface area contributed by atoms with Gasteiger partial charge in [-0.25, -0.2) is 0 Å². The van der Waals surface area contributed by atoms with Gasteiger partial charge in [-0.2, -0.15) is 0 Å². The molecule has 0 saturated heterocycles. The fourth-order valence-corrected chi connectivity index (χ4v) is 9.20. The number of rotatable bonds is 6. The minimum Gasteiger partial charge on any atom is -0.455 e. The molecule has 55 heavy (non-hydrogen) atoms. The summed E-state index contributed by atoms with van der Waals surface area (Å²) in [5, 5.41) is 7.39. The summed E-state index contributed by atoms with van der Waals surface area (Å²) in [6.07, 6.45) is 0. The highest BCUT2D eigenvalue weighted by Gasteiger charge is 2.17. The zero-order chi connectivity index (χ0) is 36.3. The summed E-state index contributed by atoms with van der Waals surface area (Å²) in [5.74, 6) is 0. The van der Waals surface area contributed by atoms with Gasteiger partial charge in [-0.15, -0.1) is 11.3 Å². The van der Waals surface area contributed by atoms with Crippen molar-refractivity contribution >= 4 is 81.3 Å². The van der Waals surface area contributed by atoms with E-state index in [1.807, 2.05) is 23.5 Å². The molecule has 0 radical (unpaired) electrons. The topological polar surface area (TPSA) is 16.4 Å². The van der Waals surface area contributed by atoms with E-state index in [4.69, 9.17) is 4.42 Å². The molecule has 3 heteroatoms. The van der Waals surface area contributed by atoms with E-state index >= 15 is 0 Å². The second-order valence-electron chi connectivity index (χ2n) is 14.1. The number of benzene rings is 9.